The standard InChI is InChI=1S/C19H19N3O3S/c1-11-2-8-14-15(10-11)26-19-17(14)18(23)20-16(21-19)9-5-12-3-6-13(7-4-12)22(24)25/h3-7,9,11,16,21H,2,8,10H2,1H3,(H,20,23)/b9-5+/t11-,16+/m1/s1. The van der Waals surface area contributed by atoms with Crippen LogP contribution in [0.25, 0.3) is 6.08 Å². The molecule has 2 aromatic rings. The fourth-order valence-electron chi connectivity index (χ4n) is 3.49. The minimum Gasteiger partial charge on any atom is -0.353 e. The molecule has 4 rings (SSSR count). The number of rotatable bonds is 3. The summed E-state index contributed by atoms with van der Waals surface area (Å²) in [5.74, 6) is 0.646. The van der Waals surface area contributed by atoms with E-state index in [2.05, 4.69) is 17.6 Å². The second-order valence-electron chi connectivity index (χ2n) is 6.86. The Bertz CT molecular complexity index is 901. The van der Waals surface area contributed by atoms with Crippen LogP contribution in [0.5, 0.6) is 0 Å². The van der Waals surface area contributed by atoms with E-state index in [4.69, 9.17) is 0 Å². The molecule has 0 spiro atoms. The van der Waals surface area contributed by atoms with Crippen LogP contribution in [0.4, 0.5) is 10.7 Å². The molecule has 1 aliphatic carbocycles. The monoisotopic (exact) mass is 369 g/mol. The van der Waals surface area contributed by atoms with E-state index < -0.39 is 4.92 Å². The number of nitrogens with zero attached hydrogens (tertiary/aromatic N) is 1. The summed E-state index contributed by atoms with van der Waals surface area (Å²) in [6.45, 7) is 2.25. The Hall–Kier alpha value is -2.67. The van der Waals surface area contributed by atoms with Crippen molar-refractivity contribution in [2.75, 3.05) is 5.32 Å². The Balaban J connectivity index is 1.52. The van der Waals surface area contributed by atoms with Gasteiger partial charge < -0.3 is 10.6 Å². The van der Waals surface area contributed by atoms with Crippen LogP contribution in [0.3, 0.4) is 0 Å². The van der Waals surface area contributed by atoms with Crippen molar-refractivity contribution in [3.8, 4) is 0 Å². The Morgan fingerprint density at radius 3 is 2.77 bits per heavy atom. The maximum Gasteiger partial charge on any atom is 0.269 e. The molecule has 0 saturated carbocycles. The lowest BCUT2D eigenvalue weighted by molar-refractivity contribution is -0.384. The number of anilines is 1. The van der Waals surface area contributed by atoms with Gasteiger partial charge in [-0.3, -0.25) is 14.9 Å². The topological polar surface area (TPSA) is 84.3 Å². The first kappa shape index (κ1) is 16.8. The van der Waals surface area contributed by atoms with Crippen LogP contribution in [0, 0.1) is 16.0 Å². The number of hydrogen-bond acceptors (Lipinski definition) is 5. The van der Waals surface area contributed by atoms with Crippen molar-refractivity contribution < 1.29 is 9.72 Å². The first-order chi connectivity index (χ1) is 12.5. The van der Waals surface area contributed by atoms with Crippen LogP contribution in [-0.4, -0.2) is 17.0 Å². The second kappa shape index (κ2) is 6.57. The number of fused-ring (bicyclic) bond motifs is 3. The van der Waals surface area contributed by atoms with E-state index >= 15 is 0 Å². The fraction of sp³-hybridized carbons (Fsp3) is 0.316. The summed E-state index contributed by atoms with van der Waals surface area (Å²) in [4.78, 5) is 24.2. The summed E-state index contributed by atoms with van der Waals surface area (Å²) in [7, 11) is 0. The zero-order chi connectivity index (χ0) is 18.3. The maximum absolute atomic E-state index is 12.6. The summed E-state index contributed by atoms with van der Waals surface area (Å²) in [6, 6.07) is 6.32. The van der Waals surface area contributed by atoms with Crippen LogP contribution in [0.15, 0.2) is 30.3 Å². The maximum atomic E-state index is 12.6. The van der Waals surface area contributed by atoms with Gasteiger partial charge in [-0.25, -0.2) is 0 Å². The van der Waals surface area contributed by atoms with Gasteiger partial charge in [-0.05, 0) is 54.5 Å². The van der Waals surface area contributed by atoms with Crippen molar-refractivity contribution >= 4 is 34.0 Å². The van der Waals surface area contributed by atoms with Gasteiger partial charge >= 0.3 is 0 Å². The zero-order valence-corrected chi connectivity index (χ0v) is 15.1. The van der Waals surface area contributed by atoms with Gasteiger partial charge in [-0.15, -0.1) is 11.3 Å². The molecule has 0 bridgehead atoms. The average molecular weight is 369 g/mol. The molecule has 0 radical (unpaired) electrons. The highest BCUT2D eigenvalue weighted by molar-refractivity contribution is 7.16. The number of carbonyl (C=O) groups excluding carboxylic acids is 1. The number of nitro groups is 1. The molecule has 134 valence electrons. The molecule has 26 heavy (non-hydrogen) atoms. The molecule has 0 unspecified atom stereocenters. The minimum atomic E-state index is -0.419. The summed E-state index contributed by atoms with van der Waals surface area (Å²) < 4.78 is 0. The minimum absolute atomic E-state index is 0.0239. The summed E-state index contributed by atoms with van der Waals surface area (Å²) >= 11 is 1.70. The molecule has 1 aromatic heterocycles. The van der Waals surface area contributed by atoms with Crippen LogP contribution >= 0.6 is 11.3 Å². The van der Waals surface area contributed by atoms with E-state index in [9.17, 15) is 14.9 Å². The number of non-ortho nitro benzene ring substituents is 1. The van der Waals surface area contributed by atoms with Gasteiger partial charge in [-0.1, -0.05) is 13.0 Å². The molecular formula is C19H19N3O3S. The Morgan fingerprint density at radius 1 is 1.27 bits per heavy atom. The quantitative estimate of drug-likeness (QED) is 0.633. The van der Waals surface area contributed by atoms with E-state index in [0.717, 1.165) is 35.4 Å². The Morgan fingerprint density at radius 2 is 2.04 bits per heavy atom. The van der Waals surface area contributed by atoms with E-state index in [-0.39, 0.29) is 17.8 Å². The predicted molar refractivity (Wildman–Crippen MR) is 103 cm³/mol. The summed E-state index contributed by atoms with van der Waals surface area (Å²) in [6.07, 6.45) is 6.58. The van der Waals surface area contributed by atoms with Crippen LogP contribution in [-0.2, 0) is 12.8 Å². The largest absolute Gasteiger partial charge is 0.353 e. The molecule has 0 fully saturated rings. The predicted octanol–water partition coefficient (Wildman–Crippen LogP) is 3.98. The highest BCUT2D eigenvalue weighted by Gasteiger charge is 2.31. The van der Waals surface area contributed by atoms with Gasteiger partial charge in [0.25, 0.3) is 11.6 Å². The third-order valence-corrected chi connectivity index (χ3v) is 6.08. The van der Waals surface area contributed by atoms with E-state index in [0.29, 0.717) is 5.92 Å². The van der Waals surface area contributed by atoms with Crippen molar-refractivity contribution in [3.05, 3.63) is 62.0 Å². The van der Waals surface area contributed by atoms with E-state index in [1.165, 1.54) is 22.6 Å². The van der Waals surface area contributed by atoms with Crippen molar-refractivity contribution in [1.82, 2.24) is 5.32 Å². The molecule has 1 amide bonds. The number of thiophene rings is 1. The number of nitrogens with one attached hydrogen (secondary N) is 2. The normalized spacial score (nSPS) is 21.7. The molecule has 0 saturated heterocycles. The SMILES string of the molecule is C[C@@H]1CCc2c(sc3c2C(=O)N[C@H](/C=C/c2ccc([N+](=O)[O-])cc2)N3)C1. The molecule has 2 heterocycles. The fourth-order valence-corrected chi connectivity index (χ4v) is 4.94. The van der Waals surface area contributed by atoms with Crippen LogP contribution < -0.4 is 10.6 Å². The highest BCUT2D eigenvalue weighted by atomic mass is 32.1. The molecule has 1 aromatic carbocycles. The average Bonchev–Trinajstić information content (AvgIpc) is 2.98. The van der Waals surface area contributed by atoms with Crippen molar-refractivity contribution in [2.24, 2.45) is 5.92 Å². The summed E-state index contributed by atoms with van der Waals surface area (Å²) in [5, 5.41) is 18.0. The van der Waals surface area contributed by atoms with Crippen molar-refractivity contribution in [1.29, 1.82) is 0 Å². The van der Waals surface area contributed by atoms with E-state index in [1.54, 1.807) is 23.5 Å². The number of nitro benzene ring substituents is 1. The Kier molecular flexibility index (Phi) is 4.24. The zero-order valence-electron chi connectivity index (χ0n) is 14.3. The lowest BCUT2D eigenvalue weighted by atomic mass is 9.88. The number of amides is 1. The molecule has 2 aliphatic rings. The third kappa shape index (κ3) is 3.10. The van der Waals surface area contributed by atoms with Gasteiger partial charge in [0.05, 0.1) is 10.5 Å². The van der Waals surface area contributed by atoms with Gasteiger partial charge in [0.1, 0.15) is 11.2 Å². The van der Waals surface area contributed by atoms with Gasteiger partial charge in [0.15, 0.2) is 0 Å². The molecule has 6 nitrogen and oxygen atoms in total. The van der Waals surface area contributed by atoms with Gasteiger partial charge in [0.2, 0.25) is 0 Å². The van der Waals surface area contributed by atoms with Crippen molar-refractivity contribution in [3.63, 3.8) is 0 Å². The molecule has 1 aliphatic heterocycles. The number of benzene rings is 1. The first-order valence-electron chi connectivity index (χ1n) is 8.66. The molecule has 2 atom stereocenters. The van der Waals surface area contributed by atoms with Crippen LogP contribution in [0.1, 0.15) is 39.7 Å². The number of carbonyl (C=O) groups is 1. The van der Waals surface area contributed by atoms with Gasteiger partial charge in [0, 0.05) is 17.0 Å². The summed E-state index contributed by atoms with van der Waals surface area (Å²) in [5.41, 5.74) is 2.94. The smallest absolute Gasteiger partial charge is 0.269 e. The van der Waals surface area contributed by atoms with Crippen molar-refractivity contribution in [2.45, 2.75) is 32.4 Å². The molecular weight excluding hydrogens is 350 g/mol. The third-order valence-electron chi connectivity index (χ3n) is 4.90. The number of hydrogen-bond donors (Lipinski definition) is 2. The lowest BCUT2D eigenvalue weighted by Gasteiger charge is -2.24. The lowest BCUT2D eigenvalue weighted by Crippen LogP contribution is -2.43. The Labute approximate surface area is 155 Å². The highest BCUT2D eigenvalue weighted by Crippen LogP contribution is 2.41. The second-order valence-corrected chi connectivity index (χ2v) is 7.96. The van der Waals surface area contributed by atoms with Gasteiger partial charge in [-0.2, -0.15) is 0 Å². The van der Waals surface area contributed by atoms with E-state index in [1.807, 2.05) is 12.2 Å². The molecule has 2 N–H and O–H groups in total. The first-order valence-corrected chi connectivity index (χ1v) is 9.47. The van der Waals surface area contributed by atoms with Crippen LogP contribution in [0.2, 0.25) is 0 Å². The molecule has 7 heteroatoms.